The first-order chi connectivity index (χ1) is 8.83. The molecule has 2 nitrogen and oxygen atoms in total. The third-order valence-corrected chi connectivity index (χ3v) is 2.52. The Morgan fingerprint density at radius 1 is 1.06 bits per heavy atom. The molecule has 18 heavy (non-hydrogen) atoms. The van der Waals surface area contributed by atoms with E-state index in [1.165, 1.54) is 0 Å². The summed E-state index contributed by atoms with van der Waals surface area (Å²) in [6, 6.07) is 16.4. The number of ketones is 1. The van der Waals surface area contributed by atoms with E-state index in [0.717, 1.165) is 0 Å². The second kappa shape index (κ2) is 5.82. The molecule has 0 heterocycles. The van der Waals surface area contributed by atoms with Crippen molar-refractivity contribution in [3.8, 4) is 5.75 Å². The van der Waals surface area contributed by atoms with Crippen LogP contribution in [0.5, 0.6) is 5.75 Å². The fourth-order valence-electron chi connectivity index (χ4n) is 1.67. The van der Waals surface area contributed by atoms with Gasteiger partial charge in [0.15, 0.2) is 5.78 Å². The van der Waals surface area contributed by atoms with E-state index in [0.29, 0.717) is 23.5 Å². The van der Waals surface area contributed by atoms with E-state index in [2.05, 4.69) is 6.58 Å². The predicted octanol–water partition coefficient (Wildman–Crippen LogP) is 3.48. The molecule has 0 spiro atoms. The SMILES string of the molecule is C=CCOc1ccccc1C(=O)c1ccccc1. The number of carbonyl (C=O) groups is 1. The first-order valence-corrected chi connectivity index (χ1v) is 5.75. The molecular weight excluding hydrogens is 224 g/mol. The van der Waals surface area contributed by atoms with Gasteiger partial charge in [0.25, 0.3) is 0 Å². The first-order valence-electron chi connectivity index (χ1n) is 5.75. The summed E-state index contributed by atoms with van der Waals surface area (Å²) in [5, 5.41) is 0. The van der Waals surface area contributed by atoms with Crippen LogP contribution in [0.4, 0.5) is 0 Å². The molecule has 0 atom stereocenters. The highest BCUT2D eigenvalue weighted by atomic mass is 16.5. The summed E-state index contributed by atoms with van der Waals surface area (Å²) in [6.45, 7) is 3.99. The molecule has 0 saturated carbocycles. The van der Waals surface area contributed by atoms with E-state index >= 15 is 0 Å². The zero-order valence-corrected chi connectivity index (χ0v) is 10.0. The maximum Gasteiger partial charge on any atom is 0.196 e. The summed E-state index contributed by atoms with van der Waals surface area (Å²) < 4.78 is 5.49. The maximum atomic E-state index is 12.3. The van der Waals surface area contributed by atoms with Crippen molar-refractivity contribution < 1.29 is 9.53 Å². The summed E-state index contributed by atoms with van der Waals surface area (Å²) in [5.74, 6) is 0.557. The molecule has 0 aliphatic heterocycles. The average Bonchev–Trinajstić information content (AvgIpc) is 2.45. The van der Waals surface area contributed by atoms with Gasteiger partial charge in [-0.2, -0.15) is 0 Å². The Morgan fingerprint density at radius 3 is 2.44 bits per heavy atom. The molecule has 0 aromatic heterocycles. The van der Waals surface area contributed by atoms with Crippen molar-refractivity contribution in [2.75, 3.05) is 6.61 Å². The molecule has 0 radical (unpaired) electrons. The third-order valence-electron chi connectivity index (χ3n) is 2.52. The Morgan fingerprint density at radius 2 is 1.72 bits per heavy atom. The minimum atomic E-state index is -0.0322. The minimum absolute atomic E-state index is 0.0322. The molecular formula is C16H14O2. The summed E-state index contributed by atoms with van der Waals surface area (Å²) >= 11 is 0. The first kappa shape index (κ1) is 12.1. The zero-order valence-electron chi connectivity index (χ0n) is 10.0. The molecule has 0 saturated heterocycles. The van der Waals surface area contributed by atoms with Gasteiger partial charge in [-0.3, -0.25) is 4.79 Å². The van der Waals surface area contributed by atoms with Gasteiger partial charge in [-0.25, -0.2) is 0 Å². The molecule has 0 unspecified atom stereocenters. The van der Waals surface area contributed by atoms with E-state index in [1.807, 2.05) is 30.3 Å². The third kappa shape index (κ3) is 2.66. The van der Waals surface area contributed by atoms with E-state index in [9.17, 15) is 4.79 Å². The second-order valence-corrected chi connectivity index (χ2v) is 3.79. The van der Waals surface area contributed by atoms with Crippen molar-refractivity contribution in [3.05, 3.63) is 78.4 Å². The van der Waals surface area contributed by atoms with Crippen LogP contribution >= 0.6 is 0 Å². The molecule has 90 valence electrons. The van der Waals surface area contributed by atoms with Gasteiger partial charge in [-0.15, -0.1) is 0 Å². The van der Waals surface area contributed by atoms with Gasteiger partial charge in [-0.1, -0.05) is 55.1 Å². The van der Waals surface area contributed by atoms with Crippen molar-refractivity contribution >= 4 is 5.78 Å². The maximum absolute atomic E-state index is 12.3. The lowest BCUT2D eigenvalue weighted by Crippen LogP contribution is -2.05. The van der Waals surface area contributed by atoms with Crippen molar-refractivity contribution in [2.45, 2.75) is 0 Å². The quantitative estimate of drug-likeness (QED) is 0.589. The Kier molecular flexibility index (Phi) is 3.92. The number of hydrogen-bond donors (Lipinski definition) is 0. The fourth-order valence-corrected chi connectivity index (χ4v) is 1.67. The van der Waals surface area contributed by atoms with Gasteiger partial charge < -0.3 is 4.74 Å². The predicted molar refractivity (Wildman–Crippen MR) is 72.0 cm³/mol. The highest BCUT2D eigenvalue weighted by Gasteiger charge is 2.13. The monoisotopic (exact) mass is 238 g/mol. The van der Waals surface area contributed by atoms with Crippen molar-refractivity contribution in [2.24, 2.45) is 0 Å². The van der Waals surface area contributed by atoms with Crippen LogP contribution in [0.25, 0.3) is 0 Å². The minimum Gasteiger partial charge on any atom is -0.489 e. The van der Waals surface area contributed by atoms with Gasteiger partial charge in [-0.05, 0) is 12.1 Å². The molecule has 0 aliphatic rings. The standard InChI is InChI=1S/C16H14O2/c1-2-12-18-15-11-7-6-10-14(15)16(17)13-8-4-3-5-9-13/h2-11H,1,12H2. The largest absolute Gasteiger partial charge is 0.489 e. The highest BCUT2D eigenvalue weighted by molar-refractivity contribution is 6.10. The Bertz CT molecular complexity index is 544. The van der Waals surface area contributed by atoms with Gasteiger partial charge in [0, 0.05) is 5.56 Å². The number of ether oxygens (including phenoxy) is 1. The van der Waals surface area contributed by atoms with Crippen LogP contribution in [0, 0.1) is 0 Å². The number of hydrogen-bond acceptors (Lipinski definition) is 2. The summed E-state index contributed by atoms with van der Waals surface area (Å²) in [4.78, 5) is 12.3. The van der Waals surface area contributed by atoms with Gasteiger partial charge in [0.1, 0.15) is 12.4 Å². The lowest BCUT2D eigenvalue weighted by molar-refractivity contribution is 0.103. The summed E-state index contributed by atoms with van der Waals surface area (Å²) in [7, 11) is 0. The van der Waals surface area contributed by atoms with Crippen molar-refractivity contribution in [3.63, 3.8) is 0 Å². The number of carbonyl (C=O) groups excluding carboxylic acids is 1. The molecule has 0 amide bonds. The van der Waals surface area contributed by atoms with Crippen LogP contribution in [-0.2, 0) is 0 Å². The van der Waals surface area contributed by atoms with E-state index in [1.54, 1.807) is 30.3 Å². The van der Waals surface area contributed by atoms with Gasteiger partial charge in [0.05, 0.1) is 5.56 Å². The lowest BCUT2D eigenvalue weighted by Gasteiger charge is -2.09. The van der Waals surface area contributed by atoms with E-state index < -0.39 is 0 Å². The molecule has 0 fully saturated rings. The molecule has 2 aromatic carbocycles. The van der Waals surface area contributed by atoms with Crippen LogP contribution in [0.1, 0.15) is 15.9 Å². The smallest absolute Gasteiger partial charge is 0.196 e. The topological polar surface area (TPSA) is 26.3 Å². The Balaban J connectivity index is 2.33. The highest BCUT2D eigenvalue weighted by Crippen LogP contribution is 2.21. The van der Waals surface area contributed by atoms with Crippen LogP contribution < -0.4 is 4.74 Å². The molecule has 0 aliphatic carbocycles. The zero-order chi connectivity index (χ0) is 12.8. The van der Waals surface area contributed by atoms with E-state index in [-0.39, 0.29) is 5.78 Å². The van der Waals surface area contributed by atoms with Crippen LogP contribution in [-0.4, -0.2) is 12.4 Å². The van der Waals surface area contributed by atoms with Crippen LogP contribution in [0.3, 0.4) is 0 Å². The van der Waals surface area contributed by atoms with Crippen LogP contribution in [0.2, 0.25) is 0 Å². The Labute approximate surface area is 107 Å². The molecule has 2 aromatic rings. The number of benzene rings is 2. The summed E-state index contributed by atoms with van der Waals surface area (Å²) in [6.07, 6.45) is 1.66. The van der Waals surface area contributed by atoms with Gasteiger partial charge >= 0.3 is 0 Å². The van der Waals surface area contributed by atoms with Gasteiger partial charge in [0.2, 0.25) is 0 Å². The molecule has 2 rings (SSSR count). The Hall–Kier alpha value is -2.35. The molecule has 0 bridgehead atoms. The number of para-hydroxylation sites is 1. The lowest BCUT2D eigenvalue weighted by atomic mass is 10.0. The number of rotatable bonds is 5. The van der Waals surface area contributed by atoms with Crippen LogP contribution in [0.15, 0.2) is 67.3 Å². The van der Waals surface area contributed by atoms with E-state index in [4.69, 9.17) is 4.74 Å². The van der Waals surface area contributed by atoms with Crippen molar-refractivity contribution in [1.29, 1.82) is 0 Å². The summed E-state index contributed by atoms with van der Waals surface area (Å²) in [5.41, 5.74) is 1.23. The molecule has 0 N–H and O–H groups in total. The fraction of sp³-hybridized carbons (Fsp3) is 0.0625. The normalized spacial score (nSPS) is 9.78. The van der Waals surface area contributed by atoms with Crippen molar-refractivity contribution in [1.82, 2.24) is 0 Å². The second-order valence-electron chi connectivity index (χ2n) is 3.79. The average molecular weight is 238 g/mol. The molecule has 2 heteroatoms.